The second-order valence-electron chi connectivity index (χ2n) is 12.5. The van der Waals surface area contributed by atoms with E-state index in [1.807, 2.05) is 12.1 Å². The molecule has 9 nitrogen and oxygen atoms in total. The first-order valence-corrected chi connectivity index (χ1v) is 16.5. The molecule has 1 atom stereocenters. The van der Waals surface area contributed by atoms with Crippen LogP contribution in [0.25, 0.3) is 0 Å². The van der Waals surface area contributed by atoms with Crippen LogP contribution >= 0.6 is 0 Å². The van der Waals surface area contributed by atoms with Gasteiger partial charge in [0.25, 0.3) is 5.91 Å². The summed E-state index contributed by atoms with van der Waals surface area (Å²) in [6.45, 7) is 1.89. The van der Waals surface area contributed by atoms with Crippen LogP contribution in [0.1, 0.15) is 86.6 Å². The van der Waals surface area contributed by atoms with Gasteiger partial charge in [-0.2, -0.15) is 0 Å². The van der Waals surface area contributed by atoms with Gasteiger partial charge in [0.2, 0.25) is 11.8 Å². The van der Waals surface area contributed by atoms with Crippen LogP contribution in [0.15, 0.2) is 18.2 Å². The number of amides is 3. The van der Waals surface area contributed by atoms with Gasteiger partial charge in [-0.1, -0.05) is 18.9 Å². The highest BCUT2D eigenvalue weighted by Gasteiger charge is 2.52. The van der Waals surface area contributed by atoms with Gasteiger partial charge < -0.3 is 15.1 Å². The number of sulfone groups is 1. The summed E-state index contributed by atoms with van der Waals surface area (Å²) in [7, 11) is -3.04. The van der Waals surface area contributed by atoms with E-state index in [-0.39, 0.29) is 24.1 Å². The minimum atomic E-state index is -3.04. The summed E-state index contributed by atoms with van der Waals surface area (Å²) in [5, 5.41) is 5.97. The average Bonchev–Trinajstić information content (AvgIpc) is 3.83. The van der Waals surface area contributed by atoms with Crippen molar-refractivity contribution in [3.05, 3.63) is 29.3 Å². The number of nitrogens with zero attached hydrogens (tertiary/aromatic N) is 2. The minimum Gasteiger partial charge on any atom is -0.368 e. The summed E-state index contributed by atoms with van der Waals surface area (Å²) in [5.74, 6) is 0.00107. The predicted octanol–water partition coefficient (Wildman–Crippen LogP) is 2.53. The number of hydrogen-bond acceptors (Lipinski definition) is 7. The Labute approximate surface area is 231 Å². The number of carbonyl (C=O) groups excluding carboxylic acids is 3. The van der Waals surface area contributed by atoms with Crippen molar-refractivity contribution in [1.82, 2.24) is 15.5 Å². The molecule has 2 N–H and O–H groups in total. The number of hydrogen-bond donors (Lipinski definition) is 2. The fourth-order valence-corrected chi connectivity index (χ4v) is 8.00. The van der Waals surface area contributed by atoms with Gasteiger partial charge in [-0.25, -0.2) is 8.42 Å². The summed E-state index contributed by atoms with van der Waals surface area (Å²) in [6.07, 6.45) is 11.3. The van der Waals surface area contributed by atoms with Crippen molar-refractivity contribution in [3.63, 3.8) is 0 Å². The summed E-state index contributed by atoms with van der Waals surface area (Å²) < 4.78 is 23.8. The first-order valence-electron chi connectivity index (χ1n) is 14.6. The van der Waals surface area contributed by atoms with Crippen molar-refractivity contribution in [2.24, 2.45) is 5.92 Å². The molecular weight excluding hydrogens is 516 g/mol. The zero-order valence-corrected chi connectivity index (χ0v) is 23.6. The molecule has 1 unspecified atom stereocenters. The minimum absolute atomic E-state index is 0.128. The van der Waals surface area contributed by atoms with E-state index < -0.39 is 20.6 Å². The number of nitrogens with one attached hydrogen (secondary N) is 2. The number of imide groups is 1. The van der Waals surface area contributed by atoms with E-state index in [1.54, 1.807) is 4.90 Å². The molecule has 10 heteroatoms. The number of rotatable bonds is 10. The van der Waals surface area contributed by atoms with Gasteiger partial charge in [-0.15, -0.1) is 0 Å². The molecule has 4 fully saturated rings. The molecule has 212 valence electrons. The SMILES string of the molecule is CS(=O)(=O)C1(CNC2CCC(N(CCC3CC3)c3cccc4c3CN(C3CCC(=O)NC3=O)C4=O)CC2)CC1. The van der Waals surface area contributed by atoms with Gasteiger partial charge in [0.15, 0.2) is 9.84 Å². The molecule has 3 amide bonds. The normalized spacial score (nSPS) is 28.3. The lowest BCUT2D eigenvalue weighted by molar-refractivity contribution is -0.136. The average molecular weight is 557 g/mol. The standard InChI is InChI=1S/C29H40N4O5S/c1-39(37,38)29(14-15-29)18-30-20-7-9-21(10-8-20)32(16-13-19-5-6-19)24-4-2-3-22-23(24)17-33(28(22)36)25-11-12-26(34)31-27(25)35/h2-4,19-21,25,30H,5-18H2,1H3,(H,31,34,35). The van der Waals surface area contributed by atoms with E-state index in [0.717, 1.165) is 68.7 Å². The third kappa shape index (κ3) is 5.34. The van der Waals surface area contributed by atoms with Crippen LogP contribution in [0.5, 0.6) is 0 Å². The van der Waals surface area contributed by atoms with E-state index in [1.165, 1.54) is 19.1 Å². The first kappa shape index (κ1) is 26.7. The Kier molecular flexibility index (Phi) is 6.98. The summed E-state index contributed by atoms with van der Waals surface area (Å²) in [5.41, 5.74) is 2.76. The number of piperidine rings is 1. The van der Waals surface area contributed by atoms with Gasteiger partial charge in [-0.05, 0) is 69.4 Å². The highest BCUT2D eigenvalue weighted by molar-refractivity contribution is 7.92. The molecule has 6 rings (SSSR count). The van der Waals surface area contributed by atoms with Gasteiger partial charge in [0.1, 0.15) is 6.04 Å². The van der Waals surface area contributed by atoms with Crippen LogP contribution in [0, 0.1) is 5.92 Å². The molecule has 39 heavy (non-hydrogen) atoms. The first-order chi connectivity index (χ1) is 18.6. The molecule has 2 heterocycles. The summed E-state index contributed by atoms with van der Waals surface area (Å²) >= 11 is 0. The van der Waals surface area contributed by atoms with Gasteiger partial charge >= 0.3 is 0 Å². The fourth-order valence-electron chi connectivity index (χ4n) is 6.81. The molecule has 3 aliphatic carbocycles. The van der Waals surface area contributed by atoms with Crippen LogP contribution in [0.2, 0.25) is 0 Å². The predicted molar refractivity (Wildman–Crippen MR) is 148 cm³/mol. The second kappa shape index (κ2) is 10.2. The molecule has 2 aliphatic heterocycles. The summed E-state index contributed by atoms with van der Waals surface area (Å²) in [4.78, 5) is 41.8. The Balaban J connectivity index is 1.16. The van der Waals surface area contributed by atoms with E-state index in [4.69, 9.17) is 0 Å². The summed E-state index contributed by atoms with van der Waals surface area (Å²) in [6, 6.07) is 6.02. The van der Waals surface area contributed by atoms with Crippen LogP contribution in [-0.4, -0.2) is 73.3 Å². The molecule has 0 aromatic heterocycles. The van der Waals surface area contributed by atoms with Crippen molar-refractivity contribution in [1.29, 1.82) is 0 Å². The molecule has 0 bridgehead atoms. The smallest absolute Gasteiger partial charge is 0.255 e. The lowest BCUT2D eigenvalue weighted by Crippen LogP contribution is -2.52. The zero-order valence-electron chi connectivity index (χ0n) is 22.8. The van der Waals surface area contributed by atoms with Gasteiger partial charge in [-0.3, -0.25) is 19.7 Å². The second-order valence-corrected chi connectivity index (χ2v) is 14.9. The van der Waals surface area contributed by atoms with E-state index >= 15 is 0 Å². The Morgan fingerprint density at radius 3 is 2.44 bits per heavy atom. The maximum absolute atomic E-state index is 13.4. The Morgan fingerprint density at radius 2 is 1.79 bits per heavy atom. The van der Waals surface area contributed by atoms with Crippen LogP contribution in [0.4, 0.5) is 5.69 Å². The molecular formula is C29H40N4O5S. The van der Waals surface area contributed by atoms with Crippen molar-refractivity contribution in [3.8, 4) is 0 Å². The Hall–Kier alpha value is -2.46. The third-order valence-corrected chi connectivity index (χ3v) is 11.9. The topological polar surface area (TPSA) is 116 Å². The molecule has 1 saturated heterocycles. The van der Waals surface area contributed by atoms with Crippen molar-refractivity contribution >= 4 is 33.2 Å². The largest absolute Gasteiger partial charge is 0.368 e. The maximum atomic E-state index is 13.4. The molecule has 5 aliphatic rings. The van der Waals surface area contributed by atoms with Crippen LogP contribution in [-0.2, 0) is 26.0 Å². The number of fused-ring (bicyclic) bond motifs is 1. The van der Waals surface area contributed by atoms with Gasteiger partial charge in [0.05, 0.1) is 4.75 Å². The Bertz CT molecular complexity index is 1260. The fraction of sp³-hybridized carbons (Fsp3) is 0.690. The zero-order chi connectivity index (χ0) is 27.4. The van der Waals surface area contributed by atoms with E-state index in [0.29, 0.717) is 37.2 Å². The lowest BCUT2D eigenvalue weighted by atomic mass is 9.89. The molecule has 1 aromatic rings. The van der Waals surface area contributed by atoms with E-state index in [2.05, 4.69) is 21.6 Å². The molecule has 3 saturated carbocycles. The monoisotopic (exact) mass is 556 g/mol. The maximum Gasteiger partial charge on any atom is 0.255 e. The van der Waals surface area contributed by atoms with Gasteiger partial charge in [0, 0.05) is 61.2 Å². The quantitative estimate of drug-likeness (QED) is 0.426. The number of benzene rings is 1. The third-order valence-electron chi connectivity index (χ3n) is 9.79. The highest BCUT2D eigenvalue weighted by Crippen LogP contribution is 2.43. The molecule has 0 radical (unpaired) electrons. The Morgan fingerprint density at radius 1 is 1.05 bits per heavy atom. The van der Waals surface area contributed by atoms with Crippen molar-refractivity contribution < 1.29 is 22.8 Å². The molecule has 0 spiro atoms. The lowest BCUT2D eigenvalue weighted by Gasteiger charge is -2.40. The highest BCUT2D eigenvalue weighted by atomic mass is 32.2. The number of anilines is 1. The van der Waals surface area contributed by atoms with E-state index in [9.17, 15) is 22.8 Å². The molecule has 1 aromatic carbocycles. The number of carbonyl (C=O) groups is 3. The van der Waals surface area contributed by atoms with Crippen LogP contribution in [0.3, 0.4) is 0 Å². The van der Waals surface area contributed by atoms with Crippen LogP contribution < -0.4 is 15.5 Å². The van der Waals surface area contributed by atoms with Crippen molar-refractivity contribution in [2.45, 2.75) is 100 Å². The van der Waals surface area contributed by atoms with Crippen molar-refractivity contribution in [2.75, 3.05) is 24.2 Å².